The van der Waals surface area contributed by atoms with E-state index in [0.717, 1.165) is 0 Å². The number of nitriles is 1. The predicted molar refractivity (Wildman–Crippen MR) is 70.2 cm³/mol. The van der Waals surface area contributed by atoms with E-state index in [2.05, 4.69) is 9.97 Å². The SMILES string of the molecule is N#Cc1ccnc(-n2cnc3ccccc32)c1[N+](=O)[O-]. The van der Waals surface area contributed by atoms with Crippen LogP contribution in [-0.4, -0.2) is 19.5 Å². The molecule has 20 heavy (non-hydrogen) atoms. The largest absolute Gasteiger partial charge is 0.329 e. The van der Waals surface area contributed by atoms with Gasteiger partial charge in [0.25, 0.3) is 0 Å². The Hall–Kier alpha value is -3.27. The van der Waals surface area contributed by atoms with E-state index in [-0.39, 0.29) is 17.1 Å². The molecule has 7 heteroatoms. The number of fused-ring (bicyclic) bond motifs is 1. The van der Waals surface area contributed by atoms with E-state index in [1.54, 1.807) is 18.2 Å². The molecule has 0 amide bonds. The Balaban J connectivity index is 2.36. The van der Waals surface area contributed by atoms with Crippen LogP contribution in [0.2, 0.25) is 0 Å². The lowest BCUT2D eigenvalue weighted by Gasteiger charge is -2.04. The highest BCUT2D eigenvalue weighted by atomic mass is 16.6. The van der Waals surface area contributed by atoms with Crippen LogP contribution >= 0.6 is 0 Å². The quantitative estimate of drug-likeness (QED) is 0.522. The molecule has 0 aliphatic heterocycles. The number of hydrogen-bond donors (Lipinski definition) is 0. The van der Waals surface area contributed by atoms with Crippen molar-refractivity contribution < 1.29 is 4.92 Å². The van der Waals surface area contributed by atoms with Gasteiger partial charge >= 0.3 is 5.69 Å². The van der Waals surface area contributed by atoms with Crippen LogP contribution in [0.4, 0.5) is 5.69 Å². The van der Waals surface area contributed by atoms with Gasteiger partial charge in [0.2, 0.25) is 5.82 Å². The van der Waals surface area contributed by atoms with Crippen LogP contribution < -0.4 is 0 Å². The van der Waals surface area contributed by atoms with E-state index < -0.39 is 4.92 Å². The van der Waals surface area contributed by atoms with Gasteiger partial charge in [0.1, 0.15) is 18.0 Å². The molecule has 0 spiro atoms. The van der Waals surface area contributed by atoms with E-state index in [1.165, 1.54) is 23.2 Å². The highest BCUT2D eigenvalue weighted by molar-refractivity contribution is 5.78. The average molecular weight is 265 g/mol. The first-order valence-electron chi connectivity index (χ1n) is 5.68. The van der Waals surface area contributed by atoms with E-state index >= 15 is 0 Å². The molecule has 2 heterocycles. The van der Waals surface area contributed by atoms with Crippen molar-refractivity contribution in [1.29, 1.82) is 5.26 Å². The van der Waals surface area contributed by atoms with Crippen molar-refractivity contribution in [3.8, 4) is 11.9 Å². The standard InChI is InChI=1S/C13H7N5O2/c14-7-9-5-6-15-13(12(9)18(19)20)17-8-16-10-3-1-2-4-11(10)17/h1-6,8H. The van der Waals surface area contributed by atoms with Crippen LogP contribution in [0.15, 0.2) is 42.9 Å². The number of nitro groups is 1. The summed E-state index contributed by atoms with van der Waals surface area (Å²) in [5, 5.41) is 20.2. The molecule has 96 valence electrons. The first-order chi connectivity index (χ1) is 9.72. The van der Waals surface area contributed by atoms with Gasteiger partial charge in [-0.3, -0.25) is 14.7 Å². The summed E-state index contributed by atoms with van der Waals surface area (Å²) in [5.74, 6) is 0.0859. The molecule has 0 bridgehead atoms. The Morgan fingerprint density at radius 2 is 2.05 bits per heavy atom. The van der Waals surface area contributed by atoms with Crippen molar-refractivity contribution in [2.75, 3.05) is 0 Å². The third-order valence-electron chi connectivity index (χ3n) is 2.89. The normalized spacial score (nSPS) is 10.3. The Morgan fingerprint density at radius 3 is 2.80 bits per heavy atom. The maximum absolute atomic E-state index is 11.2. The maximum atomic E-state index is 11.2. The number of para-hydroxylation sites is 2. The van der Waals surface area contributed by atoms with Crippen LogP contribution in [0.25, 0.3) is 16.9 Å². The highest BCUT2D eigenvalue weighted by Crippen LogP contribution is 2.27. The van der Waals surface area contributed by atoms with Gasteiger partial charge in [-0.05, 0) is 18.2 Å². The molecule has 0 radical (unpaired) electrons. The van der Waals surface area contributed by atoms with Crippen LogP contribution in [-0.2, 0) is 0 Å². The molecule has 0 aliphatic rings. The fourth-order valence-electron chi connectivity index (χ4n) is 2.02. The zero-order valence-electron chi connectivity index (χ0n) is 10.1. The second-order valence-electron chi connectivity index (χ2n) is 4.00. The molecule has 0 fully saturated rings. The van der Waals surface area contributed by atoms with Crippen molar-refractivity contribution in [2.24, 2.45) is 0 Å². The molecule has 0 saturated carbocycles. The van der Waals surface area contributed by atoms with Crippen LogP contribution in [0, 0.1) is 21.4 Å². The summed E-state index contributed by atoms with van der Waals surface area (Å²) < 4.78 is 1.51. The minimum atomic E-state index is -0.602. The average Bonchev–Trinajstić information content (AvgIpc) is 2.90. The summed E-state index contributed by atoms with van der Waals surface area (Å²) in [6.45, 7) is 0. The number of benzene rings is 1. The number of nitrogens with zero attached hydrogens (tertiary/aromatic N) is 5. The van der Waals surface area contributed by atoms with Gasteiger partial charge in [-0.25, -0.2) is 9.97 Å². The molecule has 1 aromatic carbocycles. The summed E-state index contributed by atoms with van der Waals surface area (Å²) in [6, 6.07) is 10.3. The minimum Gasteiger partial charge on any atom is -0.277 e. The van der Waals surface area contributed by atoms with Gasteiger partial charge in [0, 0.05) is 6.20 Å². The lowest BCUT2D eigenvalue weighted by molar-refractivity contribution is -0.385. The third-order valence-corrected chi connectivity index (χ3v) is 2.89. The topological polar surface area (TPSA) is 97.6 Å². The molecule has 3 aromatic rings. The second kappa shape index (κ2) is 4.44. The highest BCUT2D eigenvalue weighted by Gasteiger charge is 2.23. The van der Waals surface area contributed by atoms with Crippen molar-refractivity contribution >= 4 is 16.7 Å². The lowest BCUT2D eigenvalue weighted by atomic mass is 10.2. The zero-order valence-corrected chi connectivity index (χ0v) is 10.1. The minimum absolute atomic E-state index is 0.0298. The van der Waals surface area contributed by atoms with Crippen molar-refractivity contribution in [3.63, 3.8) is 0 Å². The van der Waals surface area contributed by atoms with E-state index in [1.807, 2.05) is 12.1 Å². The molecule has 2 aromatic heterocycles. The summed E-state index contributed by atoms with van der Waals surface area (Å²) in [6.07, 6.45) is 2.83. The number of pyridine rings is 1. The molecular weight excluding hydrogens is 258 g/mol. The molecular formula is C13H7N5O2. The van der Waals surface area contributed by atoms with E-state index in [9.17, 15) is 10.1 Å². The molecule has 0 N–H and O–H groups in total. The summed E-state index contributed by atoms with van der Waals surface area (Å²) >= 11 is 0. The molecule has 0 aliphatic carbocycles. The number of rotatable bonds is 2. The Bertz CT molecular complexity index is 863. The molecule has 0 atom stereocenters. The summed E-state index contributed by atoms with van der Waals surface area (Å²) in [5.41, 5.74) is 1.04. The van der Waals surface area contributed by atoms with Crippen LogP contribution in [0.3, 0.4) is 0 Å². The number of hydrogen-bond acceptors (Lipinski definition) is 5. The molecule has 3 rings (SSSR count). The van der Waals surface area contributed by atoms with E-state index in [4.69, 9.17) is 5.26 Å². The first kappa shape index (κ1) is 11.8. The Kier molecular flexibility index (Phi) is 2.62. The Morgan fingerprint density at radius 1 is 1.25 bits per heavy atom. The number of imidazole rings is 1. The van der Waals surface area contributed by atoms with Gasteiger partial charge in [0.15, 0.2) is 0 Å². The van der Waals surface area contributed by atoms with Gasteiger partial charge < -0.3 is 0 Å². The fourth-order valence-corrected chi connectivity index (χ4v) is 2.02. The predicted octanol–water partition coefficient (Wildman–Crippen LogP) is 2.20. The van der Waals surface area contributed by atoms with Gasteiger partial charge in [0.05, 0.1) is 16.0 Å². The summed E-state index contributed by atoms with van der Waals surface area (Å²) in [7, 11) is 0. The Labute approximate surface area is 112 Å². The van der Waals surface area contributed by atoms with Gasteiger partial charge in [-0.2, -0.15) is 5.26 Å². The van der Waals surface area contributed by atoms with Gasteiger partial charge in [-0.15, -0.1) is 0 Å². The smallest absolute Gasteiger partial charge is 0.277 e. The number of aromatic nitrogens is 3. The van der Waals surface area contributed by atoms with Crippen molar-refractivity contribution in [1.82, 2.24) is 14.5 Å². The zero-order chi connectivity index (χ0) is 14.1. The molecule has 0 saturated heterocycles. The van der Waals surface area contributed by atoms with E-state index in [0.29, 0.717) is 11.0 Å². The van der Waals surface area contributed by atoms with Crippen LogP contribution in [0.1, 0.15) is 5.56 Å². The van der Waals surface area contributed by atoms with Gasteiger partial charge in [-0.1, -0.05) is 12.1 Å². The third kappa shape index (κ3) is 1.67. The van der Waals surface area contributed by atoms with Crippen LogP contribution in [0.5, 0.6) is 0 Å². The first-order valence-corrected chi connectivity index (χ1v) is 5.68. The fraction of sp³-hybridized carbons (Fsp3) is 0. The summed E-state index contributed by atoms with van der Waals surface area (Å²) in [4.78, 5) is 18.8. The lowest BCUT2D eigenvalue weighted by Crippen LogP contribution is -2.04. The van der Waals surface area contributed by atoms with Crippen molar-refractivity contribution in [2.45, 2.75) is 0 Å². The second-order valence-corrected chi connectivity index (χ2v) is 4.00. The van der Waals surface area contributed by atoms with Crippen molar-refractivity contribution in [3.05, 3.63) is 58.5 Å². The molecule has 0 unspecified atom stereocenters. The maximum Gasteiger partial charge on any atom is 0.329 e. The molecule has 7 nitrogen and oxygen atoms in total. The monoisotopic (exact) mass is 265 g/mol.